The molecule has 1 aromatic carbocycles. The lowest BCUT2D eigenvalue weighted by Gasteiger charge is -2.12. The van der Waals surface area contributed by atoms with E-state index in [4.69, 9.17) is 11.6 Å². The Hall–Kier alpha value is -0.730. The van der Waals surface area contributed by atoms with Gasteiger partial charge in [0, 0.05) is 18.0 Å². The summed E-state index contributed by atoms with van der Waals surface area (Å²) in [6.45, 7) is 1.38. The van der Waals surface area contributed by atoms with Gasteiger partial charge in [-0.15, -0.1) is 11.6 Å². The predicted octanol–water partition coefficient (Wildman–Crippen LogP) is 3.29. The summed E-state index contributed by atoms with van der Waals surface area (Å²) in [5, 5.41) is 9.96. The molecule has 0 amide bonds. The Bertz CT molecular complexity index is 608. The summed E-state index contributed by atoms with van der Waals surface area (Å²) < 4.78 is 37.6. The smallest absolute Gasteiger partial charge is 0.258 e. The lowest BCUT2D eigenvalue weighted by Crippen LogP contribution is -2.20. The van der Waals surface area contributed by atoms with Gasteiger partial charge >= 0.3 is 0 Å². The van der Waals surface area contributed by atoms with E-state index < -0.39 is 36.4 Å². The normalized spacial score (nSPS) is 13.3. The Labute approximate surface area is 123 Å². The summed E-state index contributed by atoms with van der Waals surface area (Å²) in [6.07, 6.45) is 0.124. The third-order valence-electron chi connectivity index (χ3n) is 2.55. The van der Waals surface area contributed by atoms with Gasteiger partial charge in [0.2, 0.25) is 0 Å². The lowest BCUT2D eigenvalue weighted by molar-refractivity contribution is -0.388. The molecule has 0 fully saturated rings. The van der Waals surface area contributed by atoms with E-state index in [9.17, 15) is 22.9 Å². The molecule has 0 radical (unpaired) electrons. The minimum atomic E-state index is -4.00. The number of hydrogen-bond donors (Lipinski definition) is 0. The van der Waals surface area contributed by atoms with Gasteiger partial charge in [-0.3, -0.25) is 10.1 Å². The largest absolute Gasteiger partial charge is 0.289 e. The van der Waals surface area contributed by atoms with E-state index in [0.717, 1.165) is 6.07 Å². The molecule has 0 spiro atoms. The standard InChI is InChI=1S/C10H10BrClFNO4S/c1-6(2-3-12)19(17,18)10-5-8(13)7(11)4-9(10)14(15)16/h4-6H,2-3H2,1H3. The third kappa shape index (κ3) is 3.43. The summed E-state index contributed by atoms with van der Waals surface area (Å²) in [5.41, 5.74) is -0.658. The second-order valence-corrected chi connectivity index (χ2v) is 7.39. The van der Waals surface area contributed by atoms with Crippen LogP contribution in [0.4, 0.5) is 10.1 Å². The maximum Gasteiger partial charge on any atom is 0.289 e. The number of benzene rings is 1. The van der Waals surface area contributed by atoms with Crippen LogP contribution in [0.25, 0.3) is 0 Å². The van der Waals surface area contributed by atoms with Crippen LogP contribution in [0.1, 0.15) is 13.3 Å². The van der Waals surface area contributed by atoms with Gasteiger partial charge in [-0.05, 0) is 29.3 Å². The zero-order valence-corrected chi connectivity index (χ0v) is 12.9. The van der Waals surface area contributed by atoms with Gasteiger partial charge in [0.15, 0.2) is 9.84 Å². The van der Waals surface area contributed by atoms with Crippen molar-refractivity contribution in [1.29, 1.82) is 0 Å². The molecule has 0 aromatic heterocycles. The van der Waals surface area contributed by atoms with Gasteiger partial charge in [0.25, 0.3) is 5.69 Å². The molecule has 1 unspecified atom stereocenters. The molecule has 106 valence electrons. The van der Waals surface area contributed by atoms with Gasteiger partial charge in [-0.2, -0.15) is 0 Å². The van der Waals surface area contributed by atoms with Crippen molar-refractivity contribution in [2.24, 2.45) is 0 Å². The number of nitro benzene ring substituents is 1. The molecule has 1 atom stereocenters. The summed E-state index contributed by atoms with van der Waals surface area (Å²) in [7, 11) is -4.00. The number of nitrogens with zero attached hydrogens (tertiary/aromatic N) is 1. The van der Waals surface area contributed by atoms with E-state index in [1.807, 2.05) is 0 Å². The van der Waals surface area contributed by atoms with Crippen LogP contribution in [-0.4, -0.2) is 24.5 Å². The zero-order valence-electron chi connectivity index (χ0n) is 9.77. The Morgan fingerprint density at radius 3 is 2.58 bits per heavy atom. The summed E-state index contributed by atoms with van der Waals surface area (Å²) in [5.74, 6) is -0.782. The van der Waals surface area contributed by atoms with Crippen LogP contribution in [0.3, 0.4) is 0 Å². The first-order chi connectivity index (χ1) is 8.71. The molecule has 9 heteroatoms. The Balaban J connectivity index is 3.49. The molecule has 0 heterocycles. The van der Waals surface area contributed by atoms with Crippen molar-refractivity contribution >= 4 is 43.1 Å². The van der Waals surface area contributed by atoms with E-state index in [0.29, 0.717) is 6.07 Å². The first-order valence-corrected chi connectivity index (χ1v) is 8.02. The van der Waals surface area contributed by atoms with E-state index >= 15 is 0 Å². The first-order valence-electron chi connectivity index (χ1n) is 5.15. The molecule has 0 aliphatic heterocycles. The number of halogens is 3. The summed E-state index contributed by atoms with van der Waals surface area (Å²) in [6, 6.07) is 1.50. The lowest BCUT2D eigenvalue weighted by atomic mass is 10.3. The molecule has 1 rings (SSSR count). The van der Waals surface area contributed by atoms with Crippen LogP contribution < -0.4 is 0 Å². The van der Waals surface area contributed by atoms with Crippen molar-refractivity contribution in [2.45, 2.75) is 23.5 Å². The van der Waals surface area contributed by atoms with Crippen LogP contribution in [0.15, 0.2) is 21.5 Å². The third-order valence-corrected chi connectivity index (χ3v) is 5.61. The molecule has 19 heavy (non-hydrogen) atoms. The highest BCUT2D eigenvalue weighted by atomic mass is 79.9. The molecular formula is C10H10BrClFNO4S. The van der Waals surface area contributed by atoms with Crippen molar-refractivity contribution in [3.63, 3.8) is 0 Å². The average Bonchev–Trinajstić information content (AvgIpc) is 2.31. The van der Waals surface area contributed by atoms with Gasteiger partial charge in [0.1, 0.15) is 10.7 Å². The molecule has 0 saturated heterocycles. The van der Waals surface area contributed by atoms with Crippen molar-refractivity contribution in [2.75, 3.05) is 5.88 Å². The quantitative estimate of drug-likeness (QED) is 0.450. The topological polar surface area (TPSA) is 77.3 Å². The molecular weight excluding hydrogens is 365 g/mol. The van der Waals surface area contributed by atoms with Gasteiger partial charge in [-0.25, -0.2) is 12.8 Å². The van der Waals surface area contributed by atoms with E-state index in [1.54, 1.807) is 0 Å². The Morgan fingerprint density at radius 1 is 1.53 bits per heavy atom. The molecule has 1 aromatic rings. The van der Waals surface area contributed by atoms with E-state index in [2.05, 4.69) is 15.9 Å². The highest BCUT2D eigenvalue weighted by Gasteiger charge is 2.32. The number of rotatable bonds is 5. The fraction of sp³-hybridized carbons (Fsp3) is 0.400. The monoisotopic (exact) mass is 373 g/mol. The van der Waals surface area contributed by atoms with Crippen LogP contribution in [0.2, 0.25) is 0 Å². The first kappa shape index (κ1) is 16.3. The minimum Gasteiger partial charge on any atom is -0.258 e. The maximum absolute atomic E-state index is 13.4. The second-order valence-electron chi connectivity index (χ2n) is 3.82. The number of hydrogen-bond acceptors (Lipinski definition) is 4. The van der Waals surface area contributed by atoms with Crippen LogP contribution in [-0.2, 0) is 9.84 Å². The second kappa shape index (κ2) is 6.15. The van der Waals surface area contributed by atoms with Crippen molar-refractivity contribution in [3.05, 3.63) is 32.5 Å². The summed E-state index contributed by atoms with van der Waals surface area (Å²) in [4.78, 5) is 9.40. The van der Waals surface area contributed by atoms with Crippen LogP contribution in [0.5, 0.6) is 0 Å². The Kier molecular flexibility index (Phi) is 5.28. The predicted molar refractivity (Wildman–Crippen MR) is 72.7 cm³/mol. The van der Waals surface area contributed by atoms with Crippen molar-refractivity contribution in [3.8, 4) is 0 Å². The number of sulfone groups is 1. The molecule has 0 saturated carbocycles. The highest BCUT2D eigenvalue weighted by molar-refractivity contribution is 9.10. The van der Waals surface area contributed by atoms with Gasteiger partial charge < -0.3 is 0 Å². The van der Waals surface area contributed by atoms with Crippen molar-refractivity contribution < 1.29 is 17.7 Å². The van der Waals surface area contributed by atoms with Crippen LogP contribution >= 0.6 is 27.5 Å². The molecule has 0 aliphatic carbocycles. The fourth-order valence-corrected chi connectivity index (χ4v) is 3.76. The number of alkyl halides is 1. The maximum atomic E-state index is 13.4. The Morgan fingerprint density at radius 2 is 2.11 bits per heavy atom. The van der Waals surface area contributed by atoms with E-state index in [1.165, 1.54) is 6.92 Å². The number of nitro groups is 1. The van der Waals surface area contributed by atoms with E-state index in [-0.39, 0.29) is 16.8 Å². The molecule has 0 bridgehead atoms. The van der Waals surface area contributed by atoms with Crippen molar-refractivity contribution in [1.82, 2.24) is 0 Å². The molecule has 0 N–H and O–H groups in total. The molecule has 0 aliphatic rings. The fourth-order valence-electron chi connectivity index (χ4n) is 1.41. The summed E-state index contributed by atoms with van der Waals surface area (Å²) >= 11 is 8.26. The van der Waals surface area contributed by atoms with Crippen LogP contribution in [0, 0.1) is 15.9 Å². The average molecular weight is 375 g/mol. The highest BCUT2D eigenvalue weighted by Crippen LogP contribution is 2.32. The molecule has 5 nitrogen and oxygen atoms in total. The van der Waals surface area contributed by atoms with Gasteiger partial charge in [-0.1, -0.05) is 0 Å². The SMILES string of the molecule is CC(CCCl)S(=O)(=O)c1cc(F)c(Br)cc1[N+](=O)[O-]. The van der Waals surface area contributed by atoms with Gasteiger partial charge in [0.05, 0.1) is 14.6 Å². The zero-order chi connectivity index (χ0) is 14.8. The minimum absolute atomic E-state index is 0.0905.